The quantitative estimate of drug-likeness (QED) is 0.171. The first-order chi connectivity index (χ1) is 14.9. The van der Waals surface area contributed by atoms with E-state index in [0.717, 1.165) is 5.56 Å². The van der Waals surface area contributed by atoms with Gasteiger partial charge in [0.1, 0.15) is 6.61 Å². The zero-order valence-corrected chi connectivity index (χ0v) is 17.1. The van der Waals surface area contributed by atoms with Crippen molar-refractivity contribution >= 4 is 29.5 Å². The van der Waals surface area contributed by atoms with Crippen molar-refractivity contribution in [2.24, 2.45) is 4.99 Å². The smallest absolute Gasteiger partial charge is 0.443 e. The number of nitrogens with zero attached hydrogens (tertiary/aromatic N) is 1. The van der Waals surface area contributed by atoms with Gasteiger partial charge in [0.2, 0.25) is 0 Å². The second-order valence-electron chi connectivity index (χ2n) is 6.20. The molecule has 2 rings (SSSR count). The first-order valence-electron chi connectivity index (χ1n) is 8.74. The largest absolute Gasteiger partial charge is 0.490 e. The van der Waals surface area contributed by atoms with Crippen molar-refractivity contribution in [2.75, 3.05) is 0 Å². The van der Waals surface area contributed by atoms with Crippen molar-refractivity contribution < 1.29 is 45.4 Å². The Morgan fingerprint density at radius 3 is 2.06 bits per heavy atom. The fourth-order valence-corrected chi connectivity index (χ4v) is 3.11. The van der Waals surface area contributed by atoms with Gasteiger partial charge in [0, 0.05) is 4.90 Å². The second kappa shape index (κ2) is 10.5. The van der Waals surface area contributed by atoms with Crippen LogP contribution in [0.5, 0.6) is 0 Å². The Hall–Kier alpha value is -3.02. The van der Waals surface area contributed by atoms with Crippen molar-refractivity contribution in [3.63, 3.8) is 0 Å². The van der Waals surface area contributed by atoms with E-state index in [4.69, 9.17) is 0 Å². The molecule has 32 heavy (non-hydrogen) atoms. The number of halogens is 6. The number of benzene rings is 2. The normalized spacial score (nSPS) is 13.4. The summed E-state index contributed by atoms with van der Waals surface area (Å²) in [5, 5.41) is 0. The van der Waals surface area contributed by atoms with Crippen LogP contribution >= 0.6 is 11.8 Å². The van der Waals surface area contributed by atoms with Gasteiger partial charge in [-0.15, -0.1) is 0 Å². The molecule has 0 radical (unpaired) electrons. The lowest BCUT2D eigenvalue weighted by atomic mass is 10.2. The molecule has 1 atom stereocenters. The molecule has 0 aliphatic heterocycles. The van der Waals surface area contributed by atoms with Gasteiger partial charge >= 0.3 is 24.4 Å². The first kappa shape index (κ1) is 25.2. The Labute approximate surface area is 182 Å². The van der Waals surface area contributed by atoms with E-state index in [2.05, 4.69) is 14.5 Å². The van der Waals surface area contributed by atoms with Gasteiger partial charge in [-0.05, 0) is 24.6 Å². The lowest BCUT2D eigenvalue weighted by Gasteiger charge is -2.21. The summed E-state index contributed by atoms with van der Waals surface area (Å²) in [7, 11) is 0. The lowest BCUT2D eigenvalue weighted by Crippen LogP contribution is -2.39. The SMILES string of the molecule is Cc1ccc(S[C@@H](OC(=O)C(F)(F)F)/C(=N/C(=O)OCc2ccccc2)C(F)(F)F)cc1. The molecule has 2 aromatic carbocycles. The number of alkyl halides is 6. The van der Waals surface area contributed by atoms with E-state index in [-0.39, 0.29) is 16.7 Å². The van der Waals surface area contributed by atoms with Crippen LogP contribution in [0.3, 0.4) is 0 Å². The minimum absolute atomic E-state index is 0.0465. The van der Waals surface area contributed by atoms with Crippen LogP contribution in [0.1, 0.15) is 11.1 Å². The van der Waals surface area contributed by atoms with Crippen LogP contribution in [0.2, 0.25) is 0 Å². The van der Waals surface area contributed by atoms with E-state index in [9.17, 15) is 35.9 Å². The number of thioether (sulfide) groups is 1. The standard InChI is InChI=1S/C20H15F6NO4S/c1-12-7-9-14(10-8-12)32-16(31-17(28)20(24,25)26)15(19(21,22)23)27-18(29)30-11-13-5-3-2-4-6-13/h2-10,16H,11H2,1H3/b27-15-/t16-/m1/s1. The molecule has 0 fully saturated rings. The van der Waals surface area contributed by atoms with E-state index >= 15 is 0 Å². The number of hydrogen-bond acceptors (Lipinski definition) is 5. The molecule has 172 valence electrons. The number of carbonyl (C=O) groups is 2. The minimum atomic E-state index is -5.56. The van der Waals surface area contributed by atoms with Crippen molar-refractivity contribution in [1.29, 1.82) is 0 Å². The lowest BCUT2D eigenvalue weighted by molar-refractivity contribution is -0.199. The summed E-state index contributed by atoms with van der Waals surface area (Å²) in [6.45, 7) is 1.26. The fraction of sp³-hybridized carbons (Fsp3) is 0.250. The monoisotopic (exact) mass is 479 g/mol. The fourth-order valence-electron chi connectivity index (χ4n) is 2.14. The van der Waals surface area contributed by atoms with Crippen LogP contribution in [0.4, 0.5) is 31.1 Å². The summed E-state index contributed by atoms with van der Waals surface area (Å²) >= 11 is 0.132. The highest BCUT2D eigenvalue weighted by atomic mass is 32.2. The highest BCUT2D eigenvalue weighted by Crippen LogP contribution is 2.33. The number of hydrogen-bond donors (Lipinski definition) is 0. The topological polar surface area (TPSA) is 65.0 Å². The molecule has 1 amide bonds. The molecular formula is C20H15F6NO4S. The van der Waals surface area contributed by atoms with Gasteiger partial charge in [0.25, 0.3) is 0 Å². The van der Waals surface area contributed by atoms with Crippen LogP contribution in [-0.4, -0.2) is 35.6 Å². The summed E-state index contributed by atoms with van der Waals surface area (Å²) in [6, 6.07) is 13.5. The van der Waals surface area contributed by atoms with Gasteiger partial charge in [0.15, 0.2) is 11.1 Å². The highest BCUT2D eigenvalue weighted by molar-refractivity contribution is 8.00. The van der Waals surface area contributed by atoms with E-state index in [1.54, 1.807) is 25.1 Å². The maximum absolute atomic E-state index is 13.6. The average molecular weight is 479 g/mol. The first-order valence-corrected chi connectivity index (χ1v) is 9.62. The Morgan fingerprint density at radius 2 is 1.53 bits per heavy atom. The molecule has 0 saturated heterocycles. The van der Waals surface area contributed by atoms with Crippen molar-refractivity contribution in [1.82, 2.24) is 0 Å². The van der Waals surface area contributed by atoms with Gasteiger partial charge in [0.05, 0.1) is 0 Å². The molecule has 0 spiro atoms. The molecule has 0 unspecified atom stereocenters. The third kappa shape index (κ3) is 7.91. The second-order valence-corrected chi connectivity index (χ2v) is 7.34. The number of aryl methyl sites for hydroxylation is 1. The number of aliphatic imine (C=N–C) groups is 1. The maximum atomic E-state index is 13.6. The summed E-state index contributed by atoms with van der Waals surface area (Å²) in [5.41, 5.74) is -3.50. The molecule has 0 bridgehead atoms. The van der Waals surface area contributed by atoms with Crippen LogP contribution in [0.25, 0.3) is 0 Å². The van der Waals surface area contributed by atoms with E-state index < -0.39 is 42.2 Å². The zero-order chi connectivity index (χ0) is 23.9. The molecule has 2 aromatic rings. The summed E-state index contributed by atoms with van der Waals surface area (Å²) < 4.78 is 87.3. The van der Waals surface area contributed by atoms with Gasteiger partial charge in [-0.3, -0.25) is 0 Å². The predicted molar refractivity (Wildman–Crippen MR) is 103 cm³/mol. The predicted octanol–water partition coefficient (Wildman–Crippen LogP) is 5.86. The molecular weight excluding hydrogens is 464 g/mol. The van der Waals surface area contributed by atoms with Crippen molar-refractivity contribution in [3.05, 3.63) is 65.7 Å². The number of esters is 1. The number of ether oxygens (including phenoxy) is 2. The Morgan fingerprint density at radius 1 is 0.938 bits per heavy atom. The van der Waals surface area contributed by atoms with Crippen molar-refractivity contribution in [3.8, 4) is 0 Å². The van der Waals surface area contributed by atoms with Gasteiger partial charge in [-0.25, -0.2) is 9.59 Å². The number of carbonyl (C=O) groups excluding carboxylic acids is 2. The molecule has 12 heteroatoms. The third-order valence-corrected chi connectivity index (χ3v) is 4.72. The minimum Gasteiger partial charge on any atom is -0.443 e. The van der Waals surface area contributed by atoms with Gasteiger partial charge in [-0.1, -0.05) is 59.8 Å². The van der Waals surface area contributed by atoms with E-state index in [1.165, 1.54) is 36.4 Å². The molecule has 0 N–H and O–H groups in total. The summed E-state index contributed by atoms with van der Waals surface area (Å²) in [4.78, 5) is 25.9. The maximum Gasteiger partial charge on any atom is 0.490 e. The van der Waals surface area contributed by atoms with Crippen LogP contribution in [0, 0.1) is 6.92 Å². The Kier molecular flexibility index (Phi) is 8.31. The molecule has 0 aliphatic carbocycles. The van der Waals surface area contributed by atoms with Gasteiger partial charge < -0.3 is 9.47 Å². The average Bonchev–Trinajstić information content (AvgIpc) is 2.71. The van der Waals surface area contributed by atoms with Crippen LogP contribution in [-0.2, 0) is 20.9 Å². The number of rotatable bonds is 6. The van der Waals surface area contributed by atoms with Crippen LogP contribution in [0.15, 0.2) is 64.5 Å². The molecule has 0 saturated carbocycles. The number of amides is 1. The van der Waals surface area contributed by atoms with Crippen LogP contribution < -0.4 is 0 Å². The third-order valence-electron chi connectivity index (χ3n) is 3.64. The molecule has 5 nitrogen and oxygen atoms in total. The van der Waals surface area contributed by atoms with E-state index in [0.29, 0.717) is 5.56 Å². The summed E-state index contributed by atoms with van der Waals surface area (Å²) in [6.07, 6.45) is -12.7. The van der Waals surface area contributed by atoms with Gasteiger partial charge in [-0.2, -0.15) is 31.3 Å². The molecule has 0 aliphatic rings. The van der Waals surface area contributed by atoms with Crippen molar-refractivity contribution in [2.45, 2.75) is 36.2 Å². The zero-order valence-electron chi connectivity index (χ0n) is 16.2. The Balaban J connectivity index is 2.33. The summed E-state index contributed by atoms with van der Waals surface area (Å²) in [5.74, 6) is -2.86. The molecule has 0 aromatic heterocycles. The molecule has 0 heterocycles. The Bertz CT molecular complexity index is 959. The van der Waals surface area contributed by atoms with E-state index in [1.807, 2.05) is 0 Å². The highest BCUT2D eigenvalue weighted by Gasteiger charge is 2.48.